The molecule has 0 atom stereocenters. The molecule has 124 valence electrons. The average molecular weight is 323 g/mol. The van der Waals surface area contributed by atoms with E-state index in [4.69, 9.17) is 4.74 Å². The highest BCUT2D eigenvalue weighted by Crippen LogP contribution is 2.27. The standard InChI is InChI=1S/C18H21N5O/c1-24-17-6-5-14(12-19-17)13-22-10-7-15(8-11-22)18-21-20-16-4-2-3-9-23(16)18/h2-6,9,12,15H,7-8,10-11,13H2,1H3. The number of likely N-dealkylation sites (tertiary alicyclic amines) is 1. The van der Waals surface area contributed by atoms with Gasteiger partial charge in [0.15, 0.2) is 5.65 Å². The number of hydrogen-bond acceptors (Lipinski definition) is 5. The summed E-state index contributed by atoms with van der Waals surface area (Å²) in [6.45, 7) is 3.07. The van der Waals surface area contributed by atoms with Gasteiger partial charge in [-0.2, -0.15) is 0 Å². The molecule has 0 saturated carbocycles. The number of hydrogen-bond donors (Lipinski definition) is 0. The fraction of sp³-hybridized carbons (Fsp3) is 0.389. The predicted molar refractivity (Wildman–Crippen MR) is 91.0 cm³/mol. The van der Waals surface area contributed by atoms with Crippen LogP contribution < -0.4 is 4.74 Å². The number of methoxy groups -OCH3 is 1. The lowest BCUT2D eigenvalue weighted by atomic mass is 9.95. The van der Waals surface area contributed by atoms with Gasteiger partial charge in [-0.15, -0.1) is 10.2 Å². The Balaban J connectivity index is 1.39. The van der Waals surface area contributed by atoms with E-state index >= 15 is 0 Å². The summed E-state index contributed by atoms with van der Waals surface area (Å²) in [5, 5.41) is 8.69. The van der Waals surface area contributed by atoms with E-state index in [0.717, 1.165) is 43.9 Å². The maximum atomic E-state index is 5.11. The Labute approximate surface area is 141 Å². The van der Waals surface area contributed by atoms with Crippen LogP contribution in [0.5, 0.6) is 5.88 Å². The van der Waals surface area contributed by atoms with Crippen molar-refractivity contribution in [2.75, 3.05) is 20.2 Å². The maximum Gasteiger partial charge on any atom is 0.212 e. The van der Waals surface area contributed by atoms with E-state index in [2.05, 4.69) is 36.7 Å². The van der Waals surface area contributed by atoms with Crippen LogP contribution in [-0.4, -0.2) is 44.7 Å². The highest BCUT2D eigenvalue weighted by atomic mass is 16.5. The predicted octanol–water partition coefficient (Wildman–Crippen LogP) is 2.51. The van der Waals surface area contributed by atoms with Crippen LogP contribution in [0.1, 0.15) is 30.1 Å². The van der Waals surface area contributed by atoms with Crippen LogP contribution in [0.4, 0.5) is 0 Å². The average Bonchev–Trinajstić information content (AvgIpc) is 3.07. The lowest BCUT2D eigenvalue weighted by Crippen LogP contribution is -2.33. The minimum absolute atomic E-state index is 0.479. The molecule has 4 heterocycles. The lowest BCUT2D eigenvalue weighted by Gasteiger charge is -2.31. The normalized spacial score (nSPS) is 16.5. The fourth-order valence-corrected chi connectivity index (χ4v) is 3.37. The molecular weight excluding hydrogens is 302 g/mol. The molecule has 24 heavy (non-hydrogen) atoms. The van der Waals surface area contributed by atoms with Crippen molar-refractivity contribution in [1.82, 2.24) is 24.5 Å². The number of fused-ring (bicyclic) bond motifs is 1. The van der Waals surface area contributed by atoms with Gasteiger partial charge in [0.2, 0.25) is 5.88 Å². The highest BCUT2D eigenvalue weighted by Gasteiger charge is 2.24. The van der Waals surface area contributed by atoms with E-state index in [-0.39, 0.29) is 0 Å². The van der Waals surface area contributed by atoms with Gasteiger partial charge in [0.05, 0.1) is 7.11 Å². The summed E-state index contributed by atoms with van der Waals surface area (Å²) in [6, 6.07) is 10.0. The minimum Gasteiger partial charge on any atom is -0.481 e. The fourth-order valence-electron chi connectivity index (χ4n) is 3.37. The van der Waals surface area contributed by atoms with Crippen LogP contribution in [0.25, 0.3) is 5.65 Å². The van der Waals surface area contributed by atoms with Gasteiger partial charge in [0, 0.05) is 30.9 Å². The smallest absolute Gasteiger partial charge is 0.212 e. The summed E-state index contributed by atoms with van der Waals surface area (Å²) in [6.07, 6.45) is 6.18. The van der Waals surface area contributed by atoms with Gasteiger partial charge >= 0.3 is 0 Å². The second-order valence-corrected chi connectivity index (χ2v) is 6.25. The maximum absolute atomic E-state index is 5.11. The van der Waals surface area contributed by atoms with Gasteiger partial charge in [-0.3, -0.25) is 9.30 Å². The van der Waals surface area contributed by atoms with Crippen LogP contribution >= 0.6 is 0 Å². The molecule has 1 fully saturated rings. The second-order valence-electron chi connectivity index (χ2n) is 6.25. The Morgan fingerprint density at radius 2 is 2.00 bits per heavy atom. The van der Waals surface area contributed by atoms with Crippen LogP contribution in [0.2, 0.25) is 0 Å². The van der Waals surface area contributed by atoms with E-state index in [1.54, 1.807) is 7.11 Å². The van der Waals surface area contributed by atoms with Gasteiger partial charge in [-0.1, -0.05) is 12.1 Å². The van der Waals surface area contributed by atoms with Crippen molar-refractivity contribution in [3.63, 3.8) is 0 Å². The van der Waals surface area contributed by atoms with Gasteiger partial charge in [0.25, 0.3) is 0 Å². The van der Waals surface area contributed by atoms with Gasteiger partial charge in [0.1, 0.15) is 5.82 Å². The topological polar surface area (TPSA) is 55.5 Å². The first-order valence-corrected chi connectivity index (χ1v) is 8.34. The molecule has 0 aromatic carbocycles. The Morgan fingerprint density at radius 1 is 1.12 bits per heavy atom. The summed E-state index contributed by atoms with van der Waals surface area (Å²) in [5.41, 5.74) is 2.15. The molecule has 4 rings (SSSR count). The number of pyridine rings is 2. The van der Waals surface area contributed by atoms with Crippen molar-refractivity contribution in [2.24, 2.45) is 0 Å². The largest absolute Gasteiger partial charge is 0.481 e. The molecule has 3 aromatic rings. The first kappa shape index (κ1) is 15.1. The molecule has 3 aromatic heterocycles. The van der Waals surface area contributed by atoms with Crippen molar-refractivity contribution >= 4 is 5.65 Å². The van der Waals surface area contributed by atoms with Crippen molar-refractivity contribution in [3.8, 4) is 5.88 Å². The number of piperidine rings is 1. The highest BCUT2D eigenvalue weighted by molar-refractivity contribution is 5.37. The van der Waals surface area contributed by atoms with Crippen molar-refractivity contribution in [3.05, 3.63) is 54.1 Å². The first-order chi connectivity index (χ1) is 11.8. The minimum atomic E-state index is 0.479. The molecule has 0 radical (unpaired) electrons. The molecule has 0 amide bonds. The molecule has 0 bridgehead atoms. The molecule has 6 nitrogen and oxygen atoms in total. The zero-order valence-corrected chi connectivity index (χ0v) is 13.8. The van der Waals surface area contributed by atoms with E-state index in [1.165, 1.54) is 5.56 Å². The number of ether oxygens (including phenoxy) is 1. The SMILES string of the molecule is COc1ccc(CN2CCC(c3nnc4ccccn34)CC2)cn1. The molecular formula is C18H21N5O. The van der Waals surface area contributed by atoms with E-state index in [1.807, 2.05) is 30.5 Å². The molecule has 1 aliphatic rings. The number of nitrogens with zero attached hydrogens (tertiary/aromatic N) is 5. The third-order valence-corrected chi connectivity index (χ3v) is 4.71. The molecule has 0 unspecified atom stereocenters. The van der Waals surface area contributed by atoms with Crippen LogP contribution in [0.15, 0.2) is 42.7 Å². The van der Waals surface area contributed by atoms with Crippen LogP contribution in [-0.2, 0) is 6.54 Å². The second kappa shape index (κ2) is 6.57. The van der Waals surface area contributed by atoms with Crippen molar-refractivity contribution in [2.45, 2.75) is 25.3 Å². The van der Waals surface area contributed by atoms with Crippen LogP contribution in [0.3, 0.4) is 0 Å². The summed E-state index contributed by atoms with van der Waals surface area (Å²) in [5.74, 6) is 2.24. The summed E-state index contributed by atoms with van der Waals surface area (Å²) < 4.78 is 7.23. The van der Waals surface area contributed by atoms with Gasteiger partial charge in [-0.05, 0) is 43.6 Å². The Morgan fingerprint density at radius 3 is 2.75 bits per heavy atom. The van der Waals surface area contributed by atoms with Gasteiger partial charge in [-0.25, -0.2) is 4.98 Å². The third kappa shape index (κ3) is 2.97. The summed E-state index contributed by atoms with van der Waals surface area (Å²) in [4.78, 5) is 6.76. The number of aromatic nitrogens is 4. The van der Waals surface area contributed by atoms with E-state index in [0.29, 0.717) is 11.8 Å². The zero-order chi connectivity index (χ0) is 16.4. The third-order valence-electron chi connectivity index (χ3n) is 4.71. The Bertz CT molecular complexity index is 806. The summed E-state index contributed by atoms with van der Waals surface area (Å²) >= 11 is 0. The number of rotatable bonds is 4. The molecule has 0 aliphatic carbocycles. The monoisotopic (exact) mass is 323 g/mol. The molecule has 1 saturated heterocycles. The molecule has 0 spiro atoms. The molecule has 0 N–H and O–H groups in total. The summed E-state index contributed by atoms with van der Waals surface area (Å²) in [7, 11) is 1.64. The molecule has 6 heteroatoms. The Kier molecular flexibility index (Phi) is 4.13. The van der Waals surface area contributed by atoms with Gasteiger partial charge < -0.3 is 4.74 Å². The van der Waals surface area contributed by atoms with Crippen molar-refractivity contribution in [1.29, 1.82) is 0 Å². The first-order valence-electron chi connectivity index (χ1n) is 8.34. The molecule has 1 aliphatic heterocycles. The lowest BCUT2D eigenvalue weighted by molar-refractivity contribution is 0.201. The van der Waals surface area contributed by atoms with Crippen molar-refractivity contribution < 1.29 is 4.74 Å². The van der Waals surface area contributed by atoms with E-state index < -0.39 is 0 Å². The van der Waals surface area contributed by atoms with E-state index in [9.17, 15) is 0 Å². The van der Waals surface area contributed by atoms with Crippen LogP contribution in [0, 0.1) is 0 Å². The quantitative estimate of drug-likeness (QED) is 0.738. The zero-order valence-electron chi connectivity index (χ0n) is 13.8. The Hall–Kier alpha value is -2.47.